The van der Waals surface area contributed by atoms with E-state index in [2.05, 4.69) is 15.5 Å². The lowest BCUT2D eigenvalue weighted by molar-refractivity contribution is 0.101. The number of nitrogens with zero attached hydrogens (tertiary/aromatic N) is 1. The third-order valence-corrected chi connectivity index (χ3v) is 5.60. The Balaban J connectivity index is 1.49. The monoisotopic (exact) mass is 391 g/mol. The minimum Gasteiger partial charge on any atom is -0.370 e. The third-order valence-electron chi connectivity index (χ3n) is 4.73. The second-order valence-electron chi connectivity index (χ2n) is 6.68. The number of hydrogen-bond donors (Lipinski definition) is 2. The van der Waals surface area contributed by atoms with Gasteiger partial charge >= 0.3 is 0 Å². The maximum atomic E-state index is 12.8. The zero-order valence-electron chi connectivity index (χ0n) is 15.4. The summed E-state index contributed by atoms with van der Waals surface area (Å²) in [6, 6.07) is 18.5. The van der Waals surface area contributed by atoms with Crippen LogP contribution in [0.4, 0.5) is 17.1 Å². The molecular formula is C22H21N3O2S. The summed E-state index contributed by atoms with van der Waals surface area (Å²) in [5.74, 6) is -0.370. The molecule has 0 unspecified atom stereocenters. The molecule has 2 amide bonds. The van der Waals surface area contributed by atoms with Gasteiger partial charge in [0.2, 0.25) is 0 Å². The first-order valence-electron chi connectivity index (χ1n) is 9.31. The molecule has 0 radical (unpaired) electrons. The number of carbonyl (C=O) groups excluding carboxylic acids is 2. The molecule has 6 heteroatoms. The van der Waals surface area contributed by atoms with Gasteiger partial charge < -0.3 is 15.5 Å². The number of anilines is 3. The van der Waals surface area contributed by atoms with E-state index in [9.17, 15) is 9.59 Å². The van der Waals surface area contributed by atoms with Crippen molar-refractivity contribution in [3.63, 3.8) is 0 Å². The normalized spacial score (nSPS) is 13.4. The van der Waals surface area contributed by atoms with Crippen molar-refractivity contribution >= 4 is 40.2 Å². The SMILES string of the molecule is O=C(Nc1ccccc1N1CCCC1)c1cccc(NC(=O)c2cccs2)c1. The predicted molar refractivity (Wildman–Crippen MR) is 115 cm³/mol. The van der Waals surface area contributed by atoms with Crippen molar-refractivity contribution in [1.29, 1.82) is 0 Å². The molecule has 0 bridgehead atoms. The van der Waals surface area contributed by atoms with E-state index in [0.717, 1.165) is 24.5 Å². The number of benzene rings is 2. The average molecular weight is 391 g/mol. The van der Waals surface area contributed by atoms with Crippen LogP contribution in [-0.4, -0.2) is 24.9 Å². The summed E-state index contributed by atoms with van der Waals surface area (Å²) in [5.41, 5.74) is 2.96. The Morgan fingerprint density at radius 1 is 0.857 bits per heavy atom. The first-order valence-corrected chi connectivity index (χ1v) is 10.2. The lowest BCUT2D eigenvalue weighted by atomic mass is 10.1. The number of hydrogen-bond acceptors (Lipinski definition) is 4. The molecule has 1 saturated heterocycles. The molecule has 2 N–H and O–H groups in total. The van der Waals surface area contributed by atoms with E-state index in [1.165, 1.54) is 24.2 Å². The van der Waals surface area contributed by atoms with Crippen molar-refractivity contribution in [1.82, 2.24) is 0 Å². The van der Waals surface area contributed by atoms with Crippen LogP contribution in [0.15, 0.2) is 66.0 Å². The van der Waals surface area contributed by atoms with Gasteiger partial charge in [0.15, 0.2) is 0 Å². The Morgan fingerprint density at radius 2 is 1.68 bits per heavy atom. The molecule has 3 aromatic rings. The summed E-state index contributed by atoms with van der Waals surface area (Å²) in [6.07, 6.45) is 2.35. The summed E-state index contributed by atoms with van der Waals surface area (Å²) in [7, 11) is 0. The molecule has 142 valence electrons. The first-order chi connectivity index (χ1) is 13.7. The predicted octanol–water partition coefficient (Wildman–Crippen LogP) is 4.85. The van der Waals surface area contributed by atoms with Crippen molar-refractivity contribution in [3.05, 3.63) is 76.5 Å². The molecule has 1 fully saturated rings. The first kappa shape index (κ1) is 18.3. The highest BCUT2D eigenvalue weighted by molar-refractivity contribution is 7.12. The zero-order chi connectivity index (χ0) is 19.3. The Kier molecular flexibility index (Phi) is 5.39. The Labute approximate surface area is 168 Å². The summed E-state index contributed by atoms with van der Waals surface area (Å²) >= 11 is 1.38. The lowest BCUT2D eigenvalue weighted by Gasteiger charge is -2.21. The number of rotatable bonds is 5. The third kappa shape index (κ3) is 4.07. The topological polar surface area (TPSA) is 61.4 Å². The minimum absolute atomic E-state index is 0.174. The van der Waals surface area contributed by atoms with Gasteiger partial charge in [-0.05, 0) is 54.6 Å². The van der Waals surface area contributed by atoms with Crippen LogP contribution in [0.25, 0.3) is 0 Å². The van der Waals surface area contributed by atoms with Crippen molar-refractivity contribution in [2.24, 2.45) is 0 Å². The quantitative estimate of drug-likeness (QED) is 0.653. The van der Waals surface area contributed by atoms with Gasteiger partial charge in [-0.15, -0.1) is 11.3 Å². The van der Waals surface area contributed by atoms with Crippen LogP contribution in [-0.2, 0) is 0 Å². The van der Waals surface area contributed by atoms with Crippen LogP contribution in [0, 0.1) is 0 Å². The maximum absolute atomic E-state index is 12.8. The number of amides is 2. The van der Waals surface area contributed by atoms with E-state index in [-0.39, 0.29) is 11.8 Å². The largest absolute Gasteiger partial charge is 0.370 e. The molecule has 0 spiro atoms. The second kappa shape index (κ2) is 8.27. The number of nitrogens with one attached hydrogen (secondary N) is 2. The molecule has 1 aromatic heterocycles. The summed E-state index contributed by atoms with van der Waals surface area (Å²) in [4.78, 5) is 28.0. The van der Waals surface area contributed by atoms with Crippen LogP contribution in [0.1, 0.15) is 32.9 Å². The average Bonchev–Trinajstić information content (AvgIpc) is 3.43. The fraction of sp³-hybridized carbons (Fsp3) is 0.182. The lowest BCUT2D eigenvalue weighted by Crippen LogP contribution is -2.21. The number of thiophene rings is 1. The molecule has 0 saturated carbocycles. The van der Waals surface area contributed by atoms with Crippen LogP contribution < -0.4 is 15.5 Å². The summed E-state index contributed by atoms with van der Waals surface area (Å²) in [5, 5.41) is 7.72. The van der Waals surface area contributed by atoms with E-state index in [1.54, 1.807) is 30.3 Å². The van der Waals surface area contributed by atoms with Crippen LogP contribution in [0.5, 0.6) is 0 Å². The maximum Gasteiger partial charge on any atom is 0.265 e. The van der Waals surface area contributed by atoms with E-state index in [0.29, 0.717) is 16.1 Å². The van der Waals surface area contributed by atoms with Gasteiger partial charge in [-0.2, -0.15) is 0 Å². The molecule has 2 aromatic carbocycles. The van der Waals surface area contributed by atoms with Crippen molar-refractivity contribution in [3.8, 4) is 0 Å². The molecule has 0 atom stereocenters. The highest BCUT2D eigenvalue weighted by Crippen LogP contribution is 2.29. The summed E-state index contributed by atoms with van der Waals surface area (Å²) < 4.78 is 0. The highest BCUT2D eigenvalue weighted by atomic mass is 32.1. The molecule has 4 rings (SSSR count). The Bertz CT molecular complexity index is 979. The highest BCUT2D eigenvalue weighted by Gasteiger charge is 2.17. The summed E-state index contributed by atoms with van der Waals surface area (Å²) in [6.45, 7) is 2.02. The zero-order valence-corrected chi connectivity index (χ0v) is 16.2. The molecule has 5 nitrogen and oxygen atoms in total. The minimum atomic E-state index is -0.195. The fourth-order valence-electron chi connectivity index (χ4n) is 3.35. The van der Waals surface area contributed by atoms with Gasteiger partial charge in [0.25, 0.3) is 11.8 Å². The van der Waals surface area contributed by atoms with Crippen molar-refractivity contribution < 1.29 is 9.59 Å². The van der Waals surface area contributed by atoms with Crippen LogP contribution in [0.2, 0.25) is 0 Å². The number of para-hydroxylation sites is 2. The Morgan fingerprint density at radius 3 is 2.46 bits per heavy atom. The van der Waals surface area contributed by atoms with Crippen molar-refractivity contribution in [2.45, 2.75) is 12.8 Å². The molecule has 28 heavy (non-hydrogen) atoms. The van der Waals surface area contributed by atoms with E-state index >= 15 is 0 Å². The molecule has 1 aliphatic rings. The molecule has 2 heterocycles. The van der Waals surface area contributed by atoms with E-state index in [4.69, 9.17) is 0 Å². The fourth-order valence-corrected chi connectivity index (χ4v) is 3.97. The van der Waals surface area contributed by atoms with Gasteiger partial charge in [-0.1, -0.05) is 24.3 Å². The molecular weight excluding hydrogens is 370 g/mol. The van der Waals surface area contributed by atoms with Gasteiger partial charge in [-0.3, -0.25) is 9.59 Å². The van der Waals surface area contributed by atoms with Gasteiger partial charge in [0.1, 0.15) is 0 Å². The van der Waals surface area contributed by atoms with Gasteiger partial charge in [0.05, 0.1) is 16.3 Å². The number of carbonyl (C=O) groups is 2. The standard InChI is InChI=1S/C22H21N3O2S/c26-21(24-18-9-1-2-10-19(18)25-12-3-4-13-25)16-7-5-8-17(15-16)23-22(27)20-11-6-14-28-20/h1-2,5-11,14-15H,3-4,12-13H2,(H,23,27)(H,24,26). The second-order valence-corrected chi connectivity index (χ2v) is 7.63. The van der Waals surface area contributed by atoms with E-state index < -0.39 is 0 Å². The van der Waals surface area contributed by atoms with Gasteiger partial charge in [0, 0.05) is 24.3 Å². The van der Waals surface area contributed by atoms with Crippen LogP contribution >= 0.6 is 11.3 Å². The van der Waals surface area contributed by atoms with Gasteiger partial charge in [-0.25, -0.2) is 0 Å². The van der Waals surface area contributed by atoms with Crippen molar-refractivity contribution in [2.75, 3.05) is 28.6 Å². The Hall–Kier alpha value is -3.12. The van der Waals surface area contributed by atoms with E-state index in [1.807, 2.05) is 35.7 Å². The van der Waals surface area contributed by atoms with Crippen LogP contribution in [0.3, 0.4) is 0 Å². The smallest absolute Gasteiger partial charge is 0.265 e. The molecule has 1 aliphatic heterocycles. The molecule has 0 aliphatic carbocycles.